The molecule has 0 aliphatic carbocycles. The molecule has 0 bridgehead atoms. The van der Waals surface area contributed by atoms with Crippen molar-refractivity contribution in [2.75, 3.05) is 13.6 Å². The first-order chi connectivity index (χ1) is 5.34. The number of hydrogen-bond donors (Lipinski definition) is 2. The van der Waals surface area contributed by atoms with Crippen molar-refractivity contribution >= 4 is 12.4 Å². The Morgan fingerprint density at radius 1 is 1.58 bits per heavy atom. The average Bonchev–Trinajstić information content (AvgIpc) is 2.07. The lowest BCUT2D eigenvalue weighted by atomic mass is 10.2. The number of aliphatic hydroxyl groups is 1. The number of likely N-dealkylation sites (N-methyl/N-ethyl adjacent to an activating group) is 1. The van der Waals surface area contributed by atoms with Crippen LogP contribution in [0.1, 0.15) is 11.8 Å². The molecule has 0 spiro atoms. The second kappa shape index (κ2) is 5.94. The molecular formula is C8H13ClN2O. The Bertz CT molecular complexity index is 205. The lowest BCUT2D eigenvalue weighted by Gasteiger charge is -2.07. The summed E-state index contributed by atoms with van der Waals surface area (Å²) < 4.78 is 0. The predicted molar refractivity (Wildman–Crippen MR) is 50.4 cm³/mol. The van der Waals surface area contributed by atoms with Gasteiger partial charge in [0.15, 0.2) is 0 Å². The molecule has 0 radical (unpaired) electrons. The number of aliphatic hydroxyl groups excluding tert-OH is 1. The third-order valence-electron chi connectivity index (χ3n) is 1.43. The molecule has 0 saturated heterocycles. The van der Waals surface area contributed by atoms with Gasteiger partial charge in [-0.2, -0.15) is 0 Å². The number of nitrogens with zero attached hydrogens (tertiary/aromatic N) is 1. The molecule has 1 heterocycles. The highest BCUT2D eigenvalue weighted by atomic mass is 35.5. The minimum absolute atomic E-state index is 0. The topological polar surface area (TPSA) is 45.1 Å². The first-order valence-electron chi connectivity index (χ1n) is 3.58. The van der Waals surface area contributed by atoms with E-state index < -0.39 is 6.10 Å². The SMILES string of the molecule is CNCC(O)c1ccccn1.Cl. The van der Waals surface area contributed by atoms with Crippen LogP contribution in [-0.4, -0.2) is 23.7 Å². The molecule has 1 atom stereocenters. The van der Waals surface area contributed by atoms with Crippen molar-refractivity contribution in [2.24, 2.45) is 0 Å². The monoisotopic (exact) mass is 188 g/mol. The highest BCUT2D eigenvalue weighted by Gasteiger charge is 2.04. The maximum absolute atomic E-state index is 9.40. The summed E-state index contributed by atoms with van der Waals surface area (Å²) in [5.41, 5.74) is 0.710. The van der Waals surface area contributed by atoms with Crippen molar-refractivity contribution in [1.82, 2.24) is 10.3 Å². The van der Waals surface area contributed by atoms with E-state index in [1.165, 1.54) is 0 Å². The van der Waals surface area contributed by atoms with Gasteiger partial charge >= 0.3 is 0 Å². The molecule has 1 unspecified atom stereocenters. The van der Waals surface area contributed by atoms with E-state index in [1.807, 2.05) is 18.2 Å². The van der Waals surface area contributed by atoms with Gasteiger partial charge in [-0.25, -0.2) is 0 Å². The van der Waals surface area contributed by atoms with Gasteiger partial charge in [0.2, 0.25) is 0 Å². The van der Waals surface area contributed by atoms with Crippen LogP contribution in [0.5, 0.6) is 0 Å². The second-order valence-corrected chi connectivity index (χ2v) is 2.33. The Morgan fingerprint density at radius 2 is 2.33 bits per heavy atom. The van der Waals surface area contributed by atoms with Crippen LogP contribution in [-0.2, 0) is 0 Å². The zero-order valence-electron chi connectivity index (χ0n) is 6.90. The van der Waals surface area contributed by atoms with E-state index in [-0.39, 0.29) is 12.4 Å². The largest absolute Gasteiger partial charge is 0.385 e. The first kappa shape index (κ1) is 11.4. The smallest absolute Gasteiger partial charge is 0.108 e. The lowest BCUT2D eigenvalue weighted by Crippen LogP contribution is -2.17. The van der Waals surface area contributed by atoms with Gasteiger partial charge in [0.1, 0.15) is 6.10 Å². The standard InChI is InChI=1S/C8H12N2O.ClH/c1-9-6-8(11)7-4-2-3-5-10-7;/h2-5,8-9,11H,6H2,1H3;1H. The van der Waals surface area contributed by atoms with E-state index in [4.69, 9.17) is 0 Å². The zero-order valence-corrected chi connectivity index (χ0v) is 7.71. The molecule has 0 aliphatic rings. The first-order valence-corrected chi connectivity index (χ1v) is 3.58. The van der Waals surface area contributed by atoms with E-state index in [9.17, 15) is 5.11 Å². The number of nitrogens with one attached hydrogen (secondary N) is 1. The molecule has 68 valence electrons. The van der Waals surface area contributed by atoms with Crippen LogP contribution in [0.2, 0.25) is 0 Å². The van der Waals surface area contributed by atoms with Gasteiger partial charge < -0.3 is 10.4 Å². The van der Waals surface area contributed by atoms with Gasteiger partial charge in [0.25, 0.3) is 0 Å². The highest BCUT2D eigenvalue weighted by molar-refractivity contribution is 5.85. The molecule has 0 amide bonds. The van der Waals surface area contributed by atoms with Gasteiger partial charge in [-0.05, 0) is 19.2 Å². The molecule has 0 saturated carbocycles. The Hall–Kier alpha value is -0.640. The predicted octanol–water partition coefficient (Wildman–Crippen LogP) is 0.756. The maximum atomic E-state index is 9.40. The Kier molecular flexibility index (Phi) is 5.62. The summed E-state index contributed by atoms with van der Waals surface area (Å²) in [5, 5.41) is 12.3. The van der Waals surface area contributed by atoms with Gasteiger partial charge in [-0.15, -0.1) is 12.4 Å². The van der Waals surface area contributed by atoms with E-state index >= 15 is 0 Å². The average molecular weight is 189 g/mol. The molecule has 1 aromatic rings. The Balaban J connectivity index is 0.00000121. The second-order valence-electron chi connectivity index (χ2n) is 2.33. The van der Waals surface area contributed by atoms with Crippen LogP contribution in [0, 0.1) is 0 Å². The summed E-state index contributed by atoms with van der Waals surface area (Å²) in [7, 11) is 1.80. The third-order valence-corrected chi connectivity index (χ3v) is 1.43. The maximum Gasteiger partial charge on any atom is 0.108 e. The van der Waals surface area contributed by atoms with Crippen LogP contribution < -0.4 is 5.32 Å². The molecule has 4 heteroatoms. The van der Waals surface area contributed by atoms with Crippen LogP contribution in [0.15, 0.2) is 24.4 Å². The van der Waals surface area contributed by atoms with Crippen molar-refractivity contribution in [1.29, 1.82) is 0 Å². The summed E-state index contributed by atoms with van der Waals surface area (Å²) in [4.78, 5) is 4.01. The third kappa shape index (κ3) is 3.17. The molecule has 1 rings (SSSR count). The van der Waals surface area contributed by atoms with Crippen molar-refractivity contribution in [3.8, 4) is 0 Å². The summed E-state index contributed by atoms with van der Waals surface area (Å²) in [6.07, 6.45) is 1.18. The summed E-state index contributed by atoms with van der Waals surface area (Å²) in [5.74, 6) is 0. The van der Waals surface area contributed by atoms with Crippen molar-refractivity contribution in [3.05, 3.63) is 30.1 Å². The molecule has 0 fully saturated rings. The fourth-order valence-electron chi connectivity index (χ4n) is 0.871. The van der Waals surface area contributed by atoms with Crippen molar-refractivity contribution in [2.45, 2.75) is 6.10 Å². The summed E-state index contributed by atoms with van der Waals surface area (Å²) in [6.45, 7) is 0.539. The van der Waals surface area contributed by atoms with Gasteiger partial charge in [0, 0.05) is 12.7 Å². The van der Waals surface area contributed by atoms with Crippen LogP contribution >= 0.6 is 12.4 Å². The Labute approximate surface area is 78.2 Å². The number of aromatic nitrogens is 1. The quantitative estimate of drug-likeness (QED) is 0.736. The minimum Gasteiger partial charge on any atom is -0.385 e. The fourth-order valence-corrected chi connectivity index (χ4v) is 0.871. The Morgan fingerprint density at radius 3 is 2.83 bits per heavy atom. The summed E-state index contributed by atoms with van der Waals surface area (Å²) in [6, 6.07) is 5.50. The van der Waals surface area contributed by atoms with Gasteiger partial charge in [-0.1, -0.05) is 6.07 Å². The number of rotatable bonds is 3. The molecule has 0 aliphatic heterocycles. The van der Waals surface area contributed by atoms with Crippen molar-refractivity contribution < 1.29 is 5.11 Å². The summed E-state index contributed by atoms with van der Waals surface area (Å²) >= 11 is 0. The van der Waals surface area contributed by atoms with Gasteiger partial charge in [0.05, 0.1) is 5.69 Å². The molecular weight excluding hydrogens is 176 g/mol. The van der Waals surface area contributed by atoms with E-state index in [2.05, 4.69) is 10.3 Å². The number of pyridine rings is 1. The molecule has 2 N–H and O–H groups in total. The minimum atomic E-state index is -0.499. The highest BCUT2D eigenvalue weighted by Crippen LogP contribution is 2.06. The molecule has 1 aromatic heterocycles. The van der Waals surface area contributed by atoms with Crippen LogP contribution in [0.25, 0.3) is 0 Å². The van der Waals surface area contributed by atoms with Gasteiger partial charge in [-0.3, -0.25) is 4.98 Å². The fraction of sp³-hybridized carbons (Fsp3) is 0.375. The molecule has 0 aromatic carbocycles. The van der Waals surface area contributed by atoms with Crippen molar-refractivity contribution in [3.63, 3.8) is 0 Å². The van der Waals surface area contributed by atoms with Crippen LogP contribution in [0.4, 0.5) is 0 Å². The molecule has 3 nitrogen and oxygen atoms in total. The number of halogens is 1. The van der Waals surface area contributed by atoms with E-state index in [0.29, 0.717) is 12.2 Å². The van der Waals surface area contributed by atoms with E-state index in [1.54, 1.807) is 13.2 Å². The molecule has 12 heavy (non-hydrogen) atoms. The number of hydrogen-bond acceptors (Lipinski definition) is 3. The normalized spacial score (nSPS) is 11.8. The van der Waals surface area contributed by atoms with E-state index in [0.717, 1.165) is 0 Å². The zero-order chi connectivity index (χ0) is 8.10. The lowest BCUT2D eigenvalue weighted by molar-refractivity contribution is 0.173. The van der Waals surface area contributed by atoms with Crippen LogP contribution in [0.3, 0.4) is 0 Å².